The van der Waals surface area contributed by atoms with Crippen LogP contribution in [0.5, 0.6) is 0 Å². The zero-order chi connectivity index (χ0) is 14.8. The Labute approximate surface area is 129 Å². The number of para-hydroxylation sites is 2. The van der Waals surface area contributed by atoms with Gasteiger partial charge in [-0.05, 0) is 38.1 Å². The van der Waals surface area contributed by atoms with E-state index in [4.69, 9.17) is 4.98 Å². The molecule has 114 valence electrons. The second kappa shape index (κ2) is 5.88. The van der Waals surface area contributed by atoms with Crippen LogP contribution in [-0.4, -0.2) is 49.3 Å². The molecular weight excluding hydrogens is 276 g/mol. The van der Waals surface area contributed by atoms with E-state index in [1.165, 1.54) is 12.8 Å². The van der Waals surface area contributed by atoms with E-state index in [-0.39, 0.29) is 0 Å². The molecule has 0 amide bonds. The highest BCUT2D eigenvalue weighted by Gasteiger charge is 2.22. The van der Waals surface area contributed by atoms with E-state index < -0.39 is 0 Å². The van der Waals surface area contributed by atoms with Crippen LogP contribution in [0.3, 0.4) is 0 Å². The lowest BCUT2D eigenvalue weighted by Gasteiger charge is -2.30. The molecule has 0 radical (unpaired) electrons. The molecule has 0 aliphatic carbocycles. The maximum absolute atomic E-state index is 4.75. The number of aromatic nitrogens is 5. The zero-order valence-corrected chi connectivity index (χ0v) is 12.5. The molecule has 3 aromatic rings. The maximum atomic E-state index is 4.75. The molecule has 0 saturated carbocycles. The number of imidazole rings is 1. The fraction of sp³-hybridized carbons (Fsp3) is 0.438. The summed E-state index contributed by atoms with van der Waals surface area (Å²) >= 11 is 0. The smallest absolute Gasteiger partial charge is 0.119 e. The summed E-state index contributed by atoms with van der Waals surface area (Å²) in [5, 5.41) is 7.68. The van der Waals surface area contributed by atoms with Gasteiger partial charge in [-0.2, -0.15) is 0 Å². The average molecular weight is 296 g/mol. The first kappa shape index (κ1) is 13.5. The summed E-state index contributed by atoms with van der Waals surface area (Å²) in [6.07, 6.45) is 5.90. The van der Waals surface area contributed by atoms with Gasteiger partial charge in [-0.1, -0.05) is 12.1 Å². The van der Waals surface area contributed by atoms with Crippen LogP contribution >= 0.6 is 0 Å². The number of likely N-dealkylation sites (tertiary alicyclic amines) is 1. The van der Waals surface area contributed by atoms with Crippen LogP contribution in [0.15, 0.2) is 36.9 Å². The number of fused-ring (bicyclic) bond motifs is 1. The summed E-state index contributed by atoms with van der Waals surface area (Å²) in [6, 6.07) is 8.27. The lowest BCUT2D eigenvalue weighted by atomic mass is 9.96. The Balaban J connectivity index is 1.35. The van der Waals surface area contributed by atoms with Crippen molar-refractivity contribution in [2.24, 2.45) is 0 Å². The molecule has 1 fully saturated rings. The summed E-state index contributed by atoms with van der Waals surface area (Å²) in [5.41, 5.74) is 2.22. The molecule has 0 bridgehead atoms. The number of benzene rings is 1. The van der Waals surface area contributed by atoms with Gasteiger partial charge in [-0.15, -0.1) is 10.2 Å². The number of hydrogen-bond donors (Lipinski definition) is 1. The van der Waals surface area contributed by atoms with Crippen molar-refractivity contribution in [2.45, 2.75) is 25.3 Å². The predicted molar refractivity (Wildman–Crippen MR) is 84.5 cm³/mol. The van der Waals surface area contributed by atoms with Crippen molar-refractivity contribution in [3.8, 4) is 0 Å². The third kappa shape index (κ3) is 2.74. The second-order valence-corrected chi connectivity index (χ2v) is 5.95. The summed E-state index contributed by atoms with van der Waals surface area (Å²) in [4.78, 5) is 10.8. The fourth-order valence-corrected chi connectivity index (χ4v) is 3.19. The van der Waals surface area contributed by atoms with Crippen molar-refractivity contribution in [3.05, 3.63) is 42.7 Å². The molecule has 1 aromatic carbocycles. The Morgan fingerprint density at radius 2 is 1.82 bits per heavy atom. The van der Waals surface area contributed by atoms with Gasteiger partial charge in [0, 0.05) is 19.0 Å². The van der Waals surface area contributed by atoms with Gasteiger partial charge in [0.25, 0.3) is 0 Å². The highest BCUT2D eigenvalue weighted by molar-refractivity contribution is 5.74. The highest BCUT2D eigenvalue weighted by Crippen LogP contribution is 2.27. The molecule has 0 atom stereocenters. The van der Waals surface area contributed by atoms with Crippen LogP contribution in [-0.2, 0) is 6.54 Å². The van der Waals surface area contributed by atoms with Gasteiger partial charge in [0.05, 0.1) is 11.0 Å². The van der Waals surface area contributed by atoms with Gasteiger partial charge in [0.1, 0.15) is 18.5 Å². The van der Waals surface area contributed by atoms with Gasteiger partial charge in [-0.25, -0.2) is 4.98 Å². The molecular formula is C16H20N6. The minimum Gasteiger partial charge on any atom is -0.342 e. The normalized spacial score (nSPS) is 17.3. The Hall–Kier alpha value is -2.21. The van der Waals surface area contributed by atoms with Gasteiger partial charge < -0.3 is 14.5 Å². The van der Waals surface area contributed by atoms with Gasteiger partial charge >= 0.3 is 0 Å². The third-order valence-corrected chi connectivity index (χ3v) is 4.52. The van der Waals surface area contributed by atoms with Gasteiger partial charge in [0.15, 0.2) is 0 Å². The molecule has 1 aliphatic rings. The fourth-order valence-electron chi connectivity index (χ4n) is 3.19. The van der Waals surface area contributed by atoms with Crippen LogP contribution in [0.4, 0.5) is 0 Å². The lowest BCUT2D eigenvalue weighted by molar-refractivity contribution is 0.203. The van der Waals surface area contributed by atoms with Gasteiger partial charge in [-0.3, -0.25) is 0 Å². The molecule has 6 heteroatoms. The average Bonchev–Trinajstić information content (AvgIpc) is 3.22. The second-order valence-electron chi connectivity index (χ2n) is 5.95. The molecule has 1 N–H and O–H groups in total. The van der Waals surface area contributed by atoms with Crippen LogP contribution in [0.25, 0.3) is 11.0 Å². The first-order chi connectivity index (χ1) is 10.9. The molecule has 0 spiro atoms. The van der Waals surface area contributed by atoms with Crippen molar-refractivity contribution in [2.75, 3.05) is 19.6 Å². The van der Waals surface area contributed by atoms with Crippen LogP contribution in [0.2, 0.25) is 0 Å². The van der Waals surface area contributed by atoms with E-state index in [0.717, 1.165) is 43.0 Å². The van der Waals surface area contributed by atoms with E-state index in [2.05, 4.69) is 38.3 Å². The lowest BCUT2D eigenvalue weighted by Crippen LogP contribution is -2.35. The summed E-state index contributed by atoms with van der Waals surface area (Å²) in [7, 11) is 0. The monoisotopic (exact) mass is 296 g/mol. The van der Waals surface area contributed by atoms with Crippen molar-refractivity contribution >= 4 is 11.0 Å². The summed E-state index contributed by atoms with van der Waals surface area (Å²) in [5.74, 6) is 1.71. The number of nitrogens with one attached hydrogen (secondary N) is 1. The summed E-state index contributed by atoms with van der Waals surface area (Å²) < 4.78 is 2.03. The number of hydrogen-bond acceptors (Lipinski definition) is 4. The zero-order valence-electron chi connectivity index (χ0n) is 12.5. The Bertz CT molecular complexity index is 691. The molecule has 1 saturated heterocycles. The van der Waals surface area contributed by atoms with E-state index in [1.807, 2.05) is 10.6 Å². The van der Waals surface area contributed by atoms with E-state index in [1.54, 1.807) is 12.7 Å². The number of aromatic amines is 1. The van der Waals surface area contributed by atoms with E-state index in [9.17, 15) is 0 Å². The molecule has 1 aliphatic heterocycles. The Kier molecular flexibility index (Phi) is 3.60. The molecule has 4 rings (SSSR count). The van der Waals surface area contributed by atoms with Crippen molar-refractivity contribution in [1.82, 2.24) is 29.6 Å². The SMILES string of the molecule is c1ccc2[nH]c(C3CCN(CCn4cnnc4)CC3)nc2c1. The molecule has 0 unspecified atom stereocenters. The van der Waals surface area contributed by atoms with Crippen molar-refractivity contribution in [3.63, 3.8) is 0 Å². The van der Waals surface area contributed by atoms with Crippen LogP contribution in [0.1, 0.15) is 24.6 Å². The molecule has 2 aromatic heterocycles. The minimum atomic E-state index is 0.554. The molecule has 22 heavy (non-hydrogen) atoms. The van der Waals surface area contributed by atoms with E-state index >= 15 is 0 Å². The maximum Gasteiger partial charge on any atom is 0.119 e. The first-order valence-electron chi connectivity index (χ1n) is 7.88. The highest BCUT2D eigenvalue weighted by atomic mass is 15.2. The van der Waals surface area contributed by atoms with Crippen molar-refractivity contribution in [1.29, 1.82) is 0 Å². The quantitative estimate of drug-likeness (QED) is 0.800. The largest absolute Gasteiger partial charge is 0.342 e. The standard InChI is InChI=1S/C16H20N6/c1-2-4-15-14(3-1)19-16(20-15)13-5-7-21(8-6-13)9-10-22-11-17-18-12-22/h1-4,11-13H,5-10H2,(H,19,20). The number of piperidine rings is 1. The topological polar surface area (TPSA) is 62.6 Å². The number of rotatable bonds is 4. The van der Waals surface area contributed by atoms with Gasteiger partial charge in [0.2, 0.25) is 0 Å². The van der Waals surface area contributed by atoms with Crippen LogP contribution < -0.4 is 0 Å². The third-order valence-electron chi connectivity index (χ3n) is 4.52. The number of nitrogens with zero attached hydrogens (tertiary/aromatic N) is 5. The first-order valence-corrected chi connectivity index (χ1v) is 7.88. The predicted octanol–water partition coefficient (Wildman–Crippen LogP) is 2.03. The Morgan fingerprint density at radius 3 is 2.59 bits per heavy atom. The minimum absolute atomic E-state index is 0.554. The molecule has 3 heterocycles. The summed E-state index contributed by atoms with van der Waals surface area (Å²) in [6.45, 7) is 4.28. The molecule has 6 nitrogen and oxygen atoms in total. The van der Waals surface area contributed by atoms with E-state index in [0.29, 0.717) is 5.92 Å². The van der Waals surface area contributed by atoms with Crippen molar-refractivity contribution < 1.29 is 0 Å². The van der Waals surface area contributed by atoms with Crippen LogP contribution in [0, 0.1) is 0 Å². The number of H-pyrrole nitrogens is 1. The Morgan fingerprint density at radius 1 is 1.05 bits per heavy atom.